The molecule has 0 aromatic carbocycles. The summed E-state index contributed by atoms with van der Waals surface area (Å²) >= 11 is 6.05. The highest BCUT2D eigenvalue weighted by molar-refractivity contribution is 6.20. The SMILES string of the molecule is CCC(Cl)CNCc1ncc(C)c(OC)c1C. The fourth-order valence-corrected chi connectivity index (χ4v) is 1.85. The van der Waals surface area contributed by atoms with Gasteiger partial charge in [-0.2, -0.15) is 0 Å². The molecule has 1 heterocycles. The Morgan fingerprint density at radius 3 is 2.76 bits per heavy atom. The summed E-state index contributed by atoms with van der Waals surface area (Å²) in [7, 11) is 1.69. The van der Waals surface area contributed by atoms with Crippen LogP contribution in [0.2, 0.25) is 0 Å². The molecule has 4 heteroatoms. The van der Waals surface area contributed by atoms with Gasteiger partial charge in [0.05, 0.1) is 12.8 Å². The fourth-order valence-electron chi connectivity index (χ4n) is 1.74. The Morgan fingerprint density at radius 2 is 2.18 bits per heavy atom. The van der Waals surface area contributed by atoms with Crippen molar-refractivity contribution in [1.82, 2.24) is 10.3 Å². The number of nitrogens with one attached hydrogen (secondary N) is 1. The van der Waals surface area contributed by atoms with Crippen LogP contribution in [-0.4, -0.2) is 24.0 Å². The molecule has 0 amide bonds. The third kappa shape index (κ3) is 3.86. The fraction of sp³-hybridized carbons (Fsp3) is 0.615. The van der Waals surface area contributed by atoms with Gasteiger partial charge in [0.1, 0.15) is 5.75 Å². The first-order chi connectivity index (χ1) is 8.10. The molecule has 0 aliphatic heterocycles. The van der Waals surface area contributed by atoms with Crippen LogP contribution in [0.5, 0.6) is 5.75 Å². The predicted molar refractivity (Wildman–Crippen MR) is 71.9 cm³/mol. The summed E-state index contributed by atoms with van der Waals surface area (Å²) in [5, 5.41) is 3.50. The topological polar surface area (TPSA) is 34.2 Å². The number of hydrogen-bond donors (Lipinski definition) is 1. The molecule has 0 saturated carbocycles. The van der Waals surface area contributed by atoms with Crippen LogP contribution >= 0.6 is 11.6 Å². The van der Waals surface area contributed by atoms with Crippen molar-refractivity contribution in [3.63, 3.8) is 0 Å². The third-order valence-electron chi connectivity index (χ3n) is 2.85. The van der Waals surface area contributed by atoms with E-state index in [1.807, 2.05) is 20.0 Å². The second-order valence-electron chi connectivity index (χ2n) is 4.18. The van der Waals surface area contributed by atoms with E-state index in [0.29, 0.717) is 0 Å². The number of alkyl halides is 1. The number of rotatable bonds is 6. The Bertz CT molecular complexity index is 369. The quantitative estimate of drug-likeness (QED) is 0.795. The van der Waals surface area contributed by atoms with Crippen molar-refractivity contribution in [1.29, 1.82) is 0 Å². The number of hydrogen-bond acceptors (Lipinski definition) is 3. The number of halogens is 1. The zero-order valence-corrected chi connectivity index (χ0v) is 11.8. The standard InChI is InChI=1S/C13H21ClN2O/c1-5-11(14)7-15-8-12-10(3)13(17-4)9(2)6-16-12/h6,11,15H,5,7-8H2,1-4H3. The molecular weight excluding hydrogens is 236 g/mol. The minimum absolute atomic E-state index is 0.183. The minimum Gasteiger partial charge on any atom is -0.496 e. The second-order valence-corrected chi connectivity index (χ2v) is 4.80. The average molecular weight is 257 g/mol. The summed E-state index contributed by atoms with van der Waals surface area (Å²) in [4.78, 5) is 4.42. The van der Waals surface area contributed by atoms with Gasteiger partial charge in [0, 0.05) is 35.8 Å². The zero-order chi connectivity index (χ0) is 12.8. The molecule has 96 valence electrons. The lowest BCUT2D eigenvalue weighted by Gasteiger charge is -2.13. The molecule has 1 rings (SSSR count). The highest BCUT2D eigenvalue weighted by atomic mass is 35.5. The van der Waals surface area contributed by atoms with Gasteiger partial charge in [0.15, 0.2) is 0 Å². The van der Waals surface area contributed by atoms with Crippen LogP contribution in [0.1, 0.15) is 30.2 Å². The van der Waals surface area contributed by atoms with Gasteiger partial charge in [-0.15, -0.1) is 11.6 Å². The lowest BCUT2D eigenvalue weighted by atomic mass is 10.1. The van der Waals surface area contributed by atoms with Gasteiger partial charge in [0.2, 0.25) is 0 Å². The Balaban J connectivity index is 2.66. The Morgan fingerprint density at radius 1 is 1.47 bits per heavy atom. The van der Waals surface area contributed by atoms with Gasteiger partial charge in [-0.25, -0.2) is 0 Å². The Hall–Kier alpha value is -0.800. The van der Waals surface area contributed by atoms with Crippen molar-refractivity contribution in [2.75, 3.05) is 13.7 Å². The van der Waals surface area contributed by atoms with E-state index in [1.54, 1.807) is 7.11 Å². The van der Waals surface area contributed by atoms with E-state index >= 15 is 0 Å². The molecule has 0 aliphatic rings. The summed E-state index contributed by atoms with van der Waals surface area (Å²) in [6.07, 6.45) is 2.82. The van der Waals surface area contributed by atoms with Crippen LogP contribution in [-0.2, 0) is 6.54 Å². The van der Waals surface area contributed by atoms with Crippen LogP contribution in [0.25, 0.3) is 0 Å². The predicted octanol–water partition coefficient (Wildman–Crippen LogP) is 2.81. The van der Waals surface area contributed by atoms with Crippen molar-refractivity contribution in [3.8, 4) is 5.75 Å². The van der Waals surface area contributed by atoms with E-state index in [4.69, 9.17) is 16.3 Å². The van der Waals surface area contributed by atoms with Crippen LogP contribution < -0.4 is 10.1 Å². The number of pyridine rings is 1. The minimum atomic E-state index is 0.183. The maximum Gasteiger partial charge on any atom is 0.128 e. The lowest BCUT2D eigenvalue weighted by Crippen LogP contribution is -2.23. The van der Waals surface area contributed by atoms with E-state index in [-0.39, 0.29) is 5.38 Å². The molecule has 0 aliphatic carbocycles. The molecule has 0 bridgehead atoms. The Kier molecular flexibility index (Phi) is 5.72. The van der Waals surface area contributed by atoms with Crippen molar-refractivity contribution in [3.05, 3.63) is 23.0 Å². The molecule has 0 fully saturated rings. The number of aromatic nitrogens is 1. The van der Waals surface area contributed by atoms with E-state index < -0.39 is 0 Å². The van der Waals surface area contributed by atoms with Crippen LogP contribution in [0, 0.1) is 13.8 Å². The average Bonchev–Trinajstić information content (AvgIpc) is 2.32. The van der Waals surface area contributed by atoms with Crippen molar-refractivity contribution in [2.24, 2.45) is 0 Å². The van der Waals surface area contributed by atoms with Gasteiger partial charge in [-0.1, -0.05) is 6.92 Å². The molecular formula is C13H21ClN2O. The van der Waals surface area contributed by atoms with Gasteiger partial charge in [-0.05, 0) is 20.3 Å². The van der Waals surface area contributed by atoms with Crippen molar-refractivity contribution in [2.45, 2.75) is 39.1 Å². The van der Waals surface area contributed by atoms with Crippen molar-refractivity contribution < 1.29 is 4.74 Å². The van der Waals surface area contributed by atoms with Gasteiger partial charge < -0.3 is 10.1 Å². The highest BCUT2D eigenvalue weighted by Crippen LogP contribution is 2.23. The van der Waals surface area contributed by atoms with Gasteiger partial charge in [0.25, 0.3) is 0 Å². The van der Waals surface area contributed by atoms with Crippen LogP contribution in [0.3, 0.4) is 0 Å². The smallest absolute Gasteiger partial charge is 0.128 e. The number of aryl methyl sites for hydroxylation is 1. The normalized spacial score (nSPS) is 12.5. The summed E-state index contributed by atoms with van der Waals surface area (Å²) < 4.78 is 5.37. The maximum absolute atomic E-state index is 6.05. The maximum atomic E-state index is 6.05. The van der Waals surface area contributed by atoms with Crippen LogP contribution in [0.4, 0.5) is 0 Å². The zero-order valence-electron chi connectivity index (χ0n) is 11.0. The first-order valence-corrected chi connectivity index (χ1v) is 6.37. The van der Waals surface area contributed by atoms with E-state index in [1.165, 1.54) is 0 Å². The number of nitrogens with zero attached hydrogens (tertiary/aromatic N) is 1. The first kappa shape index (κ1) is 14.3. The molecule has 1 atom stereocenters. The third-order valence-corrected chi connectivity index (χ3v) is 3.31. The molecule has 0 saturated heterocycles. The summed E-state index contributed by atoms with van der Waals surface area (Å²) in [5.41, 5.74) is 3.19. The second kappa shape index (κ2) is 6.82. The molecule has 3 nitrogen and oxygen atoms in total. The Labute approximate surface area is 109 Å². The molecule has 0 spiro atoms. The van der Waals surface area contributed by atoms with Crippen LogP contribution in [0.15, 0.2) is 6.20 Å². The van der Waals surface area contributed by atoms with E-state index in [2.05, 4.69) is 17.2 Å². The van der Waals surface area contributed by atoms with Gasteiger partial charge >= 0.3 is 0 Å². The first-order valence-electron chi connectivity index (χ1n) is 5.94. The highest BCUT2D eigenvalue weighted by Gasteiger charge is 2.09. The summed E-state index contributed by atoms with van der Waals surface area (Å²) in [6, 6.07) is 0. The number of ether oxygens (including phenoxy) is 1. The molecule has 1 aromatic heterocycles. The van der Waals surface area contributed by atoms with E-state index in [0.717, 1.165) is 42.1 Å². The monoisotopic (exact) mass is 256 g/mol. The lowest BCUT2D eigenvalue weighted by molar-refractivity contribution is 0.406. The van der Waals surface area contributed by atoms with Gasteiger partial charge in [-0.3, -0.25) is 4.98 Å². The molecule has 0 radical (unpaired) electrons. The van der Waals surface area contributed by atoms with Crippen molar-refractivity contribution >= 4 is 11.6 Å². The summed E-state index contributed by atoms with van der Waals surface area (Å²) in [6.45, 7) is 7.65. The largest absolute Gasteiger partial charge is 0.496 e. The molecule has 1 N–H and O–H groups in total. The number of methoxy groups -OCH3 is 1. The molecule has 1 unspecified atom stereocenters. The molecule has 1 aromatic rings. The van der Waals surface area contributed by atoms with E-state index in [9.17, 15) is 0 Å². The molecule has 17 heavy (non-hydrogen) atoms. The summed E-state index contributed by atoms with van der Waals surface area (Å²) in [5.74, 6) is 0.926.